The predicted octanol–water partition coefficient (Wildman–Crippen LogP) is 3.86. The van der Waals surface area contributed by atoms with Gasteiger partial charge >= 0.3 is 0 Å². The van der Waals surface area contributed by atoms with Gasteiger partial charge in [0.15, 0.2) is 5.60 Å². The van der Waals surface area contributed by atoms with Crippen molar-refractivity contribution in [2.24, 2.45) is 11.8 Å². The summed E-state index contributed by atoms with van der Waals surface area (Å²) in [5.74, 6) is 0.0822. The summed E-state index contributed by atoms with van der Waals surface area (Å²) in [7, 11) is 0. The fourth-order valence-corrected chi connectivity index (χ4v) is 5.19. The van der Waals surface area contributed by atoms with Crippen molar-refractivity contribution in [1.29, 1.82) is 0 Å². The highest BCUT2D eigenvalue weighted by molar-refractivity contribution is 6.06. The number of ketones is 1. The van der Waals surface area contributed by atoms with Crippen LogP contribution in [0.5, 0.6) is 0 Å². The van der Waals surface area contributed by atoms with Gasteiger partial charge in [0.2, 0.25) is 0 Å². The Balaban J connectivity index is 1.77. The molecule has 26 heavy (non-hydrogen) atoms. The molecule has 3 aliphatic rings. The minimum Gasteiger partial charge on any atom is -0.358 e. The van der Waals surface area contributed by atoms with Crippen LogP contribution in [0.15, 0.2) is 24.3 Å². The second-order valence-corrected chi connectivity index (χ2v) is 9.80. The second-order valence-electron chi connectivity index (χ2n) is 9.80. The molecule has 140 valence electrons. The van der Waals surface area contributed by atoms with E-state index in [0.717, 1.165) is 24.1 Å². The summed E-state index contributed by atoms with van der Waals surface area (Å²) >= 11 is 0. The zero-order valence-corrected chi connectivity index (χ0v) is 16.5. The molecule has 1 aromatic rings. The van der Waals surface area contributed by atoms with Gasteiger partial charge in [-0.3, -0.25) is 9.59 Å². The van der Waals surface area contributed by atoms with Gasteiger partial charge < -0.3 is 9.64 Å². The first-order chi connectivity index (χ1) is 12.1. The molecular weight excluding hydrogens is 326 g/mol. The smallest absolute Gasteiger partial charge is 0.260 e. The summed E-state index contributed by atoms with van der Waals surface area (Å²) in [5, 5.41) is 0. The van der Waals surface area contributed by atoms with Crippen molar-refractivity contribution in [3.63, 3.8) is 0 Å². The van der Waals surface area contributed by atoms with Crippen molar-refractivity contribution in [3.05, 3.63) is 29.8 Å². The van der Waals surface area contributed by atoms with E-state index < -0.39 is 11.2 Å². The number of hydrogen-bond acceptors (Lipinski definition) is 3. The third kappa shape index (κ3) is 2.38. The fraction of sp³-hybridized carbons (Fsp3) is 0.636. The quantitative estimate of drug-likeness (QED) is 0.768. The monoisotopic (exact) mass is 355 g/mol. The third-order valence-corrected chi connectivity index (χ3v) is 6.36. The topological polar surface area (TPSA) is 46.6 Å². The molecule has 3 fully saturated rings. The maximum absolute atomic E-state index is 13.7. The number of anilines is 1. The van der Waals surface area contributed by atoms with Crippen LogP contribution in [0.1, 0.15) is 59.4 Å². The lowest BCUT2D eigenvalue weighted by Crippen LogP contribution is -2.75. The third-order valence-electron chi connectivity index (χ3n) is 6.36. The number of carbonyl (C=O) groups excluding carboxylic acids is 2. The molecule has 0 unspecified atom stereocenters. The first-order valence-electron chi connectivity index (χ1n) is 9.71. The molecule has 1 spiro atoms. The number of benzene rings is 1. The molecule has 4 rings (SSSR count). The van der Waals surface area contributed by atoms with Gasteiger partial charge in [0.05, 0.1) is 11.5 Å². The van der Waals surface area contributed by atoms with Gasteiger partial charge in [0.25, 0.3) is 5.91 Å². The van der Waals surface area contributed by atoms with E-state index in [-0.39, 0.29) is 28.9 Å². The summed E-state index contributed by atoms with van der Waals surface area (Å²) in [6.45, 7) is 11.1. The fourth-order valence-electron chi connectivity index (χ4n) is 5.19. The number of piperidine rings is 1. The molecule has 2 aliphatic heterocycles. The molecule has 4 nitrogen and oxygen atoms in total. The molecule has 4 heteroatoms. The van der Waals surface area contributed by atoms with Crippen LogP contribution in [0.3, 0.4) is 0 Å². The first kappa shape index (κ1) is 17.7. The summed E-state index contributed by atoms with van der Waals surface area (Å²) in [6, 6.07) is 8.13. The Hall–Kier alpha value is -1.68. The van der Waals surface area contributed by atoms with Crippen LogP contribution in [0.2, 0.25) is 0 Å². The van der Waals surface area contributed by atoms with E-state index in [9.17, 15) is 9.59 Å². The molecule has 1 aliphatic carbocycles. The molecule has 2 heterocycles. The molecule has 0 radical (unpaired) electrons. The van der Waals surface area contributed by atoms with Crippen molar-refractivity contribution in [3.8, 4) is 0 Å². The lowest BCUT2D eigenvalue weighted by atomic mass is 9.53. The number of rotatable bonds is 1. The van der Waals surface area contributed by atoms with Crippen molar-refractivity contribution >= 4 is 17.4 Å². The van der Waals surface area contributed by atoms with Crippen LogP contribution < -0.4 is 4.90 Å². The van der Waals surface area contributed by atoms with Crippen LogP contribution >= 0.6 is 0 Å². The van der Waals surface area contributed by atoms with Crippen molar-refractivity contribution in [2.45, 2.75) is 70.5 Å². The van der Waals surface area contributed by atoms with E-state index in [1.54, 1.807) is 0 Å². The van der Waals surface area contributed by atoms with Crippen LogP contribution in [0.4, 0.5) is 5.69 Å². The summed E-state index contributed by atoms with van der Waals surface area (Å²) in [6.07, 6.45) is 2.09. The van der Waals surface area contributed by atoms with Crippen LogP contribution in [-0.2, 0) is 19.7 Å². The van der Waals surface area contributed by atoms with Gasteiger partial charge in [0.1, 0.15) is 5.78 Å². The van der Waals surface area contributed by atoms with Crippen LogP contribution in [-0.4, -0.2) is 29.4 Å². The van der Waals surface area contributed by atoms with Gasteiger partial charge in [-0.2, -0.15) is 0 Å². The van der Waals surface area contributed by atoms with Gasteiger partial charge in [-0.05, 0) is 43.7 Å². The lowest BCUT2D eigenvalue weighted by molar-refractivity contribution is -0.256. The molecule has 1 aromatic carbocycles. The Morgan fingerprint density at radius 3 is 2.54 bits per heavy atom. The SMILES string of the molecule is CC1(C)CC(=O)[C@@H]2C[C@@H]3CCN(c4ccccc4C(C)(C)C)C(=O)[C@]32O1. The standard InChI is InChI=1S/C22H29NO3/c1-20(2,3)15-8-6-7-9-17(15)23-11-10-14-12-16-18(24)13-21(4,5)26-22(14,16)19(23)25/h6-9,14,16H,10-13H2,1-5H3/t14-,16-,22-/m0/s1. The second kappa shape index (κ2) is 5.41. The number of ether oxygens (including phenoxy) is 1. The number of para-hydroxylation sites is 1. The van der Waals surface area contributed by atoms with Gasteiger partial charge in [0, 0.05) is 24.6 Å². The zero-order valence-electron chi connectivity index (χ0n) is 16.5. The normalized spacial score (nSPS) is 33.3. The van der Waals surface area contributed by atoms with E-state index in [1.165, 1.54) is 0 Å². The molecule has 0 N–H and O–H groups in total. The highest BCUT2D eigenvalue weighted by Crippen LogP contribution is 2.58. The minimum absolute atomic E-state index is 0.0113. The number of carbonyl (C=O) groups is 2. The van der Waals surface area contributed by atoms with E-state index >= 15 is 0 Å². The van der Waals surface area contributed by atoms with Crippen LogP contribution in [0, 0.1) is 11.8 Å². The number of amides is 1. The Kier molecular flexibility index (Phi) is 3.69. The number of nitrogens with zero attached hydrogens (tertiary/aromatic N) is 1. The molecule has 1 saturated carbocycles. The molecule has 0 aromatic heterocycles. The summed E-state index contributed by atoms with van der Waals surface area (Å²) < 4.78 is 6.41. The minimum atomic E-state index is -0.942. The zero-order chi connectivity index (χ0) is 18.9. The largest absolute Gasteiger partial charge is 0.358 e. The van der Waals surface area contributed by atoms with Crippen molar-refractivity contribution in [1.82, 2.24) is 0 Å². The van der Waals surface area contributed by atoms with E-state index in [2.05, 4.69) is 26.8 Å². The average Bonchev–Trinajstić information content (AvgIpc) is 2.51. The molecule has 2 saturated heterocycles. The van der Waals surface area contributed by atoms with Crippen LogP contribution in [0.25, 0.3) is 0 Å². The lowest BCUT2D eigenvalue weighted by Gasteiger charge is -2.62. The van der Waals surface area contributed by atoms with Gasteiger partial charge in [-0.15, -0.1) is 0 Å². The highest BCUT2D eigenvalue weighted by Gasteiger charge is 2.70. The summed E-state index contributed by atoms with van der Waals surface area (Å²) in [5.41, 5.74) is 0.534. The number of Topliss-reactive ketones (excluding diaryl/α,β-unsaturated/α-hetero) is 1. The van der Waals surface area contributed by atoms with Crippen molar-refractivity contribution < 1.29 is 14.3 Å². The summed E-state index contributed by atoms with van der Waals surface area (Å²) in [4.78, 5) is 28.3. The van der Waals surface area contributed by atoms with E-state index in [1.807, 2.05) is 36.9 Å². The maximum atomic E-state index is 13.7. The van der Waals surface area contributed by atoms with E-state index in [4.69, 9.17) is 4.74 Å². The Labute approximate surface area is 155 Å². The number of hydrogen-bond donors (Lipinski definition) is 0. The molecular formula is C22H29NO3. The first-order valence-corrected chi connectivity index (χ1v) is 9.71. The highest BCUT2D eigenvalue weighted by atomic mass is 16.5. The predicted molar refractivity (Wildman–Crippen MR) is 101 cm³/mol. The van der Waals surface area contributed by atoms with Crippen molar-refractivity contribution in [2.75, 3.05) is 11.4 Å². The average molecular weight is 355 g/mol. The van der Waals surface area contributed by atoms with E-state index in [0.29, 0.717) is 13.0 Å². The van der Waals surface area contributed by atoms with Gasteiger partial charge in [-0.1, -0.05) is 39.0 Å². The molecule has 1 amide bonds. The molecule has 0 bridgehead atoms. The Morgan fingerprint density at radius 2 is 1.85 bits per heavy atom. The van der Waals surface area contributed by atoms with Gasteiger partial charge in [-0.25, -0.2) is 0 Å². The maximum Gasteiger partial charge on any atom is 0.260 e. The molecule has 3 atom stereocenters. The Bertz CT molecular complexity index is 776. The Morgan fingerprint density at radius 1 is 1.15 bits per heavy atom.